The zero-order valence-corrected chi connectivity index (χ0v) is 12.8. The van der Waals surface area contributed by atoms with Gasteiger partial charge >= 0.3 is 0 Å². The Morgan fingerprint density at radius 2 is 1.94 bits per heavy atom. The molecule has 0 spiro atoms. The van der Waals surface area contributed by atoms with E-state index in [1.54, 1.807) is 7.11 Å². The average Bonchev–Trinajstić information content (AvgIpc) is 2.38. The highest BCUT2D eigenvalue weighted by atomic mass is 16.5. The van der Waals surface area contributed by atoms with E-state index in [0.29, 0.717) is 11.5 Å². The minimum atomic E-state index is 0.491. The number of nitrogens with one attached hydrogen (secondary N) is 1. The highest BCUT2D eigenvalue weighted by Gasteiger charge is 2.33. The van der Waals surface area contributed by atoms with Crippen LogP contribution in [0.3, 0.4) is 0 Å². The first-order valence-electron chi connectivity index (χ1n) is 7.55. The van der Waals surface area contributed by atoms with Crippen molar-refractivity contribution in [2.75, 3.05) is 40.4 Å². The molecule has 1 rings (SSSR count). The van der Waals surface area contributed by atoms with Crippen molar-refractivity contribution in [2.45, 2.75) is 52.0 Å². The van der Waals surface area contributed by atoms with Crippen molar-refractivity contribution in [2.24, 2.45) is 5.41 Å². The molecule has 0 aromatic carbocycles. The first-order chi connectivity index (χ1) is 8.67. The van der Waals surface area contributed by atoms with Crippen LogP contribution in [0.5, 0.6) is 0 Å². The molecule has 1 aliphatic rings. The first-order valence-corrected chi connectivity index (χ1v) is 7.55. The van der Waals surface area contributed by atoms with Crippen LogP contribution in [0.15, 0.2) is 0 Å². The van der Waals surface area contributed by atoms with Gasteiger partial charge in [-0.05, 0) is 38.8 Å². The fourth-order valence-electron chi connectivity index (χ4n) is 3.42. The SMILES string of the molecule is CCN(CC1(CNC)CCCCC1)C(C)COC. The second-order valence-electron chi connectivity index (χ2n) is 5.96. The largest absolute Gasteiger partial charge is 0.383 e. The molecule has 108 valence electrons. The van der Waals surface area contributed by atoms with E-state index in [-0.39, 0.29) is 0 Å². The highest BCUT2D eigenvalue weighted by molar-refractivity contribution is 4.88. The van der Waals surface area contributed by atoms with Gasteiger partial charge in [-0.15, -0.1) is 0 Å². The third-order valence-electron chi connectivity index (χ3n) is 4.44. The highest BCUT2D eigenvalue weighted by Crippen LogP contribution is 2.36. The Labute approximate surface area is 113 Å². The van der Waals surface area contributed by atoms with Gasteiger partial charge in [-0.3, -0.25) is 4.90 Å². The van der Waals surface area contributed by atoms with Crippen LogP contribution in [-0.2, 0) is 4.74 Å². The Morgan fingerprint density at radius 3 is 2.44 bits per heavy atom. The van der Waals surface area contributed by atoms with Gasteiger partial charge in [-0.25, -0.2) is 0 Å². The van der Waals surface area contributed by atoms with Crippen molar-refractivity contribution in [1.82, 2.24) is 10.2 Å². The Kier molecular flexibility index (Phi) is 7.20. The second-order valence-corrected chi connectivity index (χ2v) is 5.96. The quantitative estimate of drug-likeness (QED) is 0.722. The van der Waals surface area contributed by atoms with Crippen LogP contribution in [-0.4, -0.2) is 51.3 Å². The Morgan fingerprint density at radius 1 is 1.28 bits per heavy atom. The van der Waals surface area contributed by atoms with Crippen molar-refractivity contribution < 1.29 is 4.74 Å². The molecule has 1 fully saturated rings. The third-order valence-corrected chi connectivity index (χ3v) is 4.44. The summed E-state index contributed by atoms with van der Waals surface area (Å²) in [6, 6.07) is 0.524. The molecule has 3 nitrogen and oxygen atoms in total. The van der Waals surface area contributed by atoms with Crippen LogP contribution in [0.25, 0.3) is 0 Å². The van der Waals surface area contributed by atoms with Gasteiger partial charge in [0.1, 0.15) is 0 Å². The van der Waals surface area contributed by atoms with E-state index in [1.807, 2.05) is 0 Å². The number of hydrogen-bond donors (Lipinski definition) is 1. The van der Waals surface area contributed by atoms with E-state index in [9.17, 15) is 0 Å². The lowest BCUT2D eigenvalue weighted by Gasteiger charge is -2.42. The number of rotatable bonds is 8. The molecule has 1 atom stereocenters. The number of ether oxygens (including phenoxy) is 1. The van der Waals surface area contributed by atoms with Crippen molar-refractivity contribution >= 4 is 0 Å². The van der Waals surface area contributed by atoms with Crippen LogP contribution in [0.2, 0.25) is 0 Å². The Hall–Kier alpha value is -0.120. The summed E-state index contributed by atoms with van der Waals surface area (Å²) in [4.78, 5) is 2.59. The molecule has 0 bridgehead atoms. The molecule has 1 N–H and O–H groups in total. The third kappa shape index (κ3) is 4.52. The standard InChI is InChI=1S/C15H32N2O/c1-5-17(14(2)11-18-4)13-15(12-16-3)9-7-6-8-10-15/h14,16H,5-13H2,1-4H3. The van der Waals surface area contributed by atoms with Crippen LogP contribution in [0.4, 0.5) is 0 Å². The average molecular weight is 256 g/mol. The monoisotopic (exact) mass is 256 g/mol. The summed E-state index contributed by atoms with van der Waals surface area (Å²) in [6.45, 7) is 8.88. The van der Waals surface area contributed by atoms with Gasteiger partial charge < -0.3 is 10.1 Å². The van der Waals surface area contributed by atoms with E-state index >= 15 is 0 Å². The van der Waals surface area contributed by atoms with Gasteiger partial charge in [-0.2, -0.15) is 0 Å². The molecule has 0 aliphatic heterocycles. The summed E-state index contributed by atoms with van der Waals surface area (Å²) in [7, 11) is 3.89. The summed E-state index contributed by atoms with van der Waals surface area (Å²) >= 11 is 0. The van der Waals surface area contributed by atoms with Gasteiger partial charge in [0.25, 0.3) is 0 Å². The second kappa shape index (κ2) is 8.13. The zero-order valence-electron chi connectivity index (χ0n) is 12.8. The molecule has 0 saturated heterocycles. The van der Waals surface area contributed by atoms with Gasteiger partial charge in [0.05, 0.1) is 6.61 Å². The van der Waals surface area contributed by atoms with Crippen molar-refractivity contribution in [3.8, 4) is 0 Å². The van der Waals surface area contributed by atoms with E-state index in [1.165, 1.54) is 38.6 Å². The molecule has 1 aliphatic carbocycles. The van der Waals surface area contributed by atoms with Crippen molar-refractivity contribution in [1.29, 1.82) is 0 Å². The number of methoxy groups -OCH3 is 1. The smallest absolute Gasteiger partial charge is 0.0615 e. The predicted molar refractivity (Wildman–Crippen MR) is 78.0 cm³/mol. The lowest BCUT2D eigenvalue weighted by molar-refractivity contribution is 0.0492. The maximum absolute atomic E-state index is 5.31. The predicted octanol–water partition coefficient (Wildman–Crippen LogP) is 2.51. The summed E-state index contributed by atoms with van der Waals surface area (Å²) in [5, 5.41) is 3.42. The Bertz CT molecular complexity index is 209. The lowest BCUT2D eigenvalue weighted by atomic mass is 9.73. The first kappa shape index (κ1) is 15.9. The normalized spacial score (nSPS) is 21.2. The van der Waals surface area contributed by atoms with E-state index in [2.05, 4.69) is 31.1 Å². The van der Waals surface area contributed by atoms with E-state index in [0.717, 1.165) is 19.7 Å². The van der Waals surface area contributed by atoms with Crippen LogP contribution in [0, 0.1) is 5.41 Å². The van der Waals surface area contributed by atoms with E-state index < -0.39 is 0 Å². The lowest BCUT2D eigenvalue weighted by Crippen LogP contribution is -2.48. The minimum absolute atomic E-state index is 0.491. The van der Waals surface area contributed by atoms with Crippen LogP contribution >= 0.6 is 0 Å². The molecule has 18 heavy (non-hydrogen) atoms. The fourth-order valence-corrected chi connectivity index (χ4v) is 3.42. The van der Waals surface area contributed by atoms with Gasteiger partial charge in [0, 0.05) is 26.2 Å². The number of likely N-dealkylation sites (N-methyl/N-ethyl adjacent to an activating group) is 1. The fraction of sp³-hybridized carbons (Fsp3) is 1.00. The van der Waals surface area contributed by atoms with Gasteiger partial charge in [-0.1, -0.05) is 26.2 Å². The molecular formula is C15H32N2O. The van der Waals surface area contributed by atoms with Crippen LogP contribution < -0.4 is 5.32 Å². The number of hydrogen-bond acceptors (Lipinski definition) is 3. The molecular weight excluding hydrogens is 224 g/mol. The maximum Gasteiger partial charge on any atom is 0.0615 e. The van der Waals surface area contributed by atoms with Crippen molar-refractivity contribution in [3.63, 3.8) is 0 Å². The van der Waals surface area contributed by atoms with Gasteiger partial charge in [0.2, 0.25) is 0 Å². The summed E-state index contributed by atoms with van der Waals surface area (Å²) in [5.74, 6) is 0. The summed E-state index contributed by atoms with van der Waals surface area (Å²) in [5.41, 5.74) is 0.491. The molecule has 0 aromatic rings. The Balaban J connectivity index is 2.61. The molecule has 0 radical (unpaired) electrons. The topological polar surface area (TPSA) is 24.5 Å². The molecule has 3 heteroatoms. The van der Waals surface area contributed by atoms with E-state index in [4.69, 9.17) is 4.74 Å². The zero-order chi connectivity index (χ0) is 13.4. The minimum Gasteiger partial charge on any atom is -0.383 e. The molecule has 0 heterocycles. The van der Waals surface area contributed by atoms with Crippen molar-refractivity contribution in [3.05, 3.63) is 0 Å². The van der Waals surface area contributed by atoms with Gasteiger partial charge in [0.15, 0.2) is 0 Å². The summed E-state index contributed by atoms with van der Waals surface area (Å²) < 4.78 is 5.31. The maximum atomic E-state index is 5.31. The molecule has 1 unspecified atom stereocenters. The summed E-state index contributed by atoms with van der Waals surface area (Å²) in [6.07, 6.45) is 6.98. The number of nitrogens with zero attached hydrogens (tertiary/aromatic N) is 1. The molecule has 0 aromatic heterocycles. The van der Waals surface area contributed by atoms with Crippen LogP contribution in [0.1, 0.15) is 46.0 Å². The molecule has 0 amide bonds. The molecule has 1 saturated carbocycles.